The molecule has 0 saturated heterocycles. The van der Waals surface area contributed by atoms with Crippen LogP contribution < -0.4 is 0 Å². The van der Waals surface area contributed by atoms with E-state index in [4.69, 9.17) is 0 Å². The van der Waals surface area contributed by atoms with Crippen molar-refractivity contribution in [2.75, 3.05) is 0 Å². The summed E-state index contributed by atoms with van der Waals surface area (Å²) in [6.45, 7) is 8.22. The Hall–Kier alpha value is -0.580. The van der Waals surface area contributed by atoms with E-state index in [9.17, 15) is 13.2 Å². The van der Waals surface area contributed by atoms with Crippen LogP contribution in [0.1, 0.15) is 41.0 Å². The summed E-state index contributed by atoms with van der Waals surface area (Å²) in [5.41, 5.74) is 0. The highest BCUT2D eigenvalue weighted by Crippen LogP contribution is 2.14. The summed E-state index contributed by atoms with van der Waals surface area (Å²) in [7, 11) is -3.47. The lowest BCUT2D eigenvalue weighted by molar-refractivity contribution is -0.127. The SMILES string of the molecule is CCC(=O)N(C(C)C)S(=O)(=O)C(C)C. The smallest absolute Gasteiger partial charge is 0.239 e. The first-order chi connectivity index (χ1) is 6.25. The van der Waals surface area contributed by atoms with E-state index in [-0.39, 0.29) is 18.4 Å². The number of sulfonamides is 1. The maximum atomic E-state index is 11.8. The number of rotatable bonds is 4. The number of hydrogen-bond donors (Lipinski definition) is 0. The van der Waals surface area contributed by atoms with Crippen molar-refractivity contribution in [2.45, 2.75) is 52.3 Å². The predicted molar refractivity (Wildman–Crippen MR) is 56.3 cm³/mol. The van der Waals surface area contributed by atoms with E-state index in [1.54, 1.807) is 34.6 Å². The normalized spacial score (nSPS) is 12.2. The van der Waals surface area contributed by atoms with Gasteiger partial charge in [-0.25, -0.2) is 12.7 Å². The highest BCUT2D eigenvalue weighted by molar-refractivity contribution is 7.90. The van der Waals surface area contributed by atoms with Crippen LogP contribution in [-0.2, 0) is 14.8 Å². The highest BCUT2D eigenvalue weighted by atomic mass is 32.2. The van der Waals surface area contributed by atoms with Gasteiger partial charge in [0.15, 0.2) is 0 Å². The molecule has 0 aromatic rings. The van der Waals surface area contributed by atoms with Crippen LogP contribution in [0.3, 0.4) is 0 Å². The van der Waals surface area contributed by atoms with Crippen LogP contribution in [0.4, 0.5) is 0 Å². The van der Waals surface area contributed by atoms with Gasteiger partial charge in [-0.1, -0.05) is 6.92 Å². The van der Waals surface area contributed by atoms with Crippen molar-refractivity contribution >= 4 is 15.9 Å². The van der Waals surface area contributed by atoms with Gasteiger partial charge in [-0.2, -0.15) is 0 Å². The fourth-order valence-electron chi connectivity index (χ4n) is 1.11. The molecule has 84 valence electrons. The number of hydrogen-bond acceptors (Lipinski definition) is 3. The topological polar surface area (TPSA) is 54.5 Å². The van der Waals surface area contributed by atoms with Gasteiger partial charge in [-0.15, -0.1) is 0 Å². The fourth-order valence-corrected chi connectivity index (χ4v) is 2.56. The first-order valence-corrected chi connectivity index (χ1v) is 6.31. The zero-order valence-corrected chi connectivity index (χ0v) is 10.3. The minimum Gasteiger partial charge on any atom is -0.274 e. The molecule has 0 N–H and O–H groups in total. The molecule has 0 aliphatic heterocycles. The molecule has 5 heteroatoms. The number of amides is 1. The summed E-state index contributed by atoms with van der Waals surface area (Å²) in [6, 6.07) is -0.310. The second-order valence-electron chi connectivity index (χ2n) is 3.73. The van der Waals surface area contributed by atoms with Crippen molar-refractivity contribution in [1.29, 1.82) is 0 Å². The zero-order chi connectivity index (χ0) is 11.5. The lowest BCUT2D eigenvalue weighted by atomic mass is 10.3. The van der Waals surface area contributed by atoms with Gasteiger partial charge in [0.05, 0.1) is 5.25 Å². The summed E-state index contributed by atoms with van der Waals surface area (Å²) in [5.74, 6) is -0.339. The maximum Gasteiger partial charge on any atom is 0.239 e. The Kier molecular flexibility index (Phi) is 4.58. The fraction of sp³-hybridized carbons (Fsp3) is 0.889. The lowest BCUT2D eigenvalue weighted by Gasteiger charge is -2.27. The average molecular weight is 221 g/mol. The lowest BCUT2D eigenvalue weighted by Crippen LogP contribution is -2.44. The summed E-state index contributed by atoms with van der Waals surface area (Å²) < 4.78 is 24.5. The van der Waals surface area contributed by atoms with Gasteiger partial charge in [-0.3, -0.25) is 4.79 Å². The van der Waals surface area contributed by atoms with Gasteiger partial charge in [0, 0.05) is 12.5 Å². The van der Waals surface area contributed by atoms with Crippen LogP contribution in [0.2, 0.25) is 0 Å². The van der Waals surface area contributed by atoms with Crippen LogP contribution in [0, 0.1) is 0 Å². The quantitative estimate of drug-likeness (QED) is 0.720. The molecule has 0 heterocycles. The number of nitrogens with zero attached hydrogens (tertiary/aromatic N) is 1. The van der Waals surface area contributed by atoms with Gasteiger partial charge < -0.3 is 0 Å². The van der Waals surface area contributed by atoms with E-state index >= 15 is 0 Å². The molecule has 4 nitrogen and oxygen atoms in total. The van der Waals surface area contributed by atoms with Crippen LogP contribution in [0.25, 0.3) is 0 Å². The van der Waals surface area contributed by atoms with E-state index in [0.29, 0.717) is 0 Å². The highest BCUT2D eigenvalue weighted by Gasteiger charge is 2.31. The summed E-state index contributed by atoms with van der Waals surface area (Å²) in [4.78, 5) is 11.5. The molecule has 0 aromatic carbocycles. The van der Waals surface area contributed by atoms with E-state index < -0.39 is 15.3 Å². The Morgan fingerprint density at radius 1 is 1.21 bits per heavy atom. The first kappa shape index (κ1) is 13.4. The average Bonchev–Trinajstić information content (AvgIpc) is 2.02. The summed E-state index contributed by atoms with van der Waals surface area (Å²) in [5, 5.41) is -0.555. The van der Waals surface area contributed by atoms with Gasteiger partial charge in [0.25, 0.3) is 0 Å². The largest absolute Gasteiger partial charge is 0.274 e. The Bertz CT molecular complexity index is 293. The second kappa shape index (κ2) is 4.77. The van der Waals surface area contributed by atoms with Crippen LogP contribution in [0.15, 0.2) is 0 Å². The molecule has 1 amide bonds. The minimum atomic E-state index is -3.47. The third kappa shape index (κ3) is 2.70. The molecule has 0 radical (unpaired) electrons. The Morgan fingerprint density at radius 3 is 1.86 bits per heavy atom. The summed E-state index contributed by atoms with van der Waals surface area (Å²) >= 11 is 0. The van der Waals surface area contributed by atoms with E-state index in [0.717, 1.165) is 4.31 Å². The minimum absolute atomic E-state index is 0.212. The summed E-state index contributed by atoms with van der Waals surface area (Å²) in [6.07, 6.45) is 0.212. The van der Waals surface area contributed by atoms with Crippen LogP contribution in [0.5, 0.6) is 0 Å². The van der Waals surface area contributed by atoms with Crippen molar-refractivity contribution in [1.82, 2.24) is 4.31 Å². The van der Waals surface area contributed by atoms with Gasteiger partial charge in [0.2, 0.25) is 15.9 Å². The molecule has 0 aliphatic carbocycles. The van der Waals surface area contributed by atoms with Crippen molar-refractivity contribution in [3.05, 3.63) is 0 Å². The van der Waals surface area contributed by atoms with Gasteiger partial charge in [0.1, 0.15) is 0 Å². The van der Waals surface area contributed by atoms with Crippen molar-refractivity contribution in [3.8, 4) is 0 Å². The van der Waals surface area contributed by atoms with Gasteiger partial charge in [-0.05, 0) is 27.7 Å². The number of carbonyl (C=O) groups excluding carboxylic acids is 1. The predicted octanol–water partition coefficient (Wildman–Crippen LogP) is 1.37. The Labute approximate surface area is 86.3 Å². The van der Waals surface area contributed by atoms with E-state index in [1.807, 2.05) is 0 Å². The monoisotopic (exact) mass is 221 g/mol. The molecule has 0 rings (SSSR count). The standard InChI is InChI=1S/C9H19NO3S/c1-6-9(11)10(7(2)3)14(12,13)8(4)5/h7-8H,6H2,1-5H3. The van der Waals surface area contributed by atoms with Crippen LogP contribution >= 0.6 is 0 Å². The molecular weight excluding hydrogens is 202 g/mol. The molecule has 0 aliphatic rings. The third-order valence-electron chi connectivity index (χ3n) is 1.89. The molecular formula is C9H19NO3S. The van der Waals surface area contributed by atoms with E-state index in [1.165, 1.54) is 0 Å². The second-order valence-corrected chi connectivity index (χ2v) is 6.10. The number of carbonyl (C=O) groups is 1. The Morgan fingerprint density at radius 2 is 1.64 bits per heavy atom. The molecule has 0 atom stereocenters. The van der Waals surface area contributed by atoms with E-state index in [2.05, 4.69) is 0 Å². The molecule has 0 fully saturated rings. The Balaban J connectivity index is 5.14. The van der Waals surface area contributed by atoms with Crippen molar-refractivity contribution < 1.29 is 13.2 Å². The molecule has 14 heavy (non-hydrogen) atoms. The molecule has 0 bridgehead atoms. The molecule has 0 aromatic heterocycles. The van der Waals surface area contributed by atoms with Crippen molar-refractivity contribution in [2.24, 2.45) is 0 Å². The maximum absolute atomic E-state index is 11.8. The van der Waals surface area contributed by atoms with Crippen LogP contribution in [-0.4, -0.2) is 29.9 Å². The first-order valence-electron chi connectivity index (χ1n) is 4.81. The molecule has 0 saturated carbocycles. The zero-order valence-electron chi connectivity index (χ0n) is 9.44. The third-order valence-corrected chi connectivity index (χ3v) is 4.25. The molecule has 0 unspecified atom stereocenters. The van der Waals surface area contributed by atoms with Gasteiger partial charge >= 0.3 is 0 Å². The van der Waals surface area contributed by atoms with Crippen molar-refractivity contribution in [3.63, 3.8) is 0 Å². The molecule has 0 spiro atoms.